The molecule has 1 aromatic rings. The smallest absolute Gasteiger partial charge is 0.308 e. The molecule has 0 aromatic carbocycles. The predicted molar refractivity (Wildman–Crippen MR) is 63.8 cm³/mol. The van der Waals surface area contributed by atoms with Gasteiger partial charge in [-0.15, -0.1) is 5.10 Å². The molecule has 0 radical (unpaired) electrons. The summed E-state index contributed by atoms with van der Waals surface area (Å²) in [5.41, 5.74) is 0. The van der Waals surface area contributed by atoms with Gasteiger partial charge in [0.15, 0.2) is 5.82 Å². The van der Waals surface area contributed by atoms with E-state index < -0.39 is 0 Å². The molecule has 1 fully saturated rings. The van der Waals surface area contributed by atoms with E-state index in [2.05, 4.69) is 15.5 Å². The first-order valence-electron chi connectivity index (χ1n) is 6.18. The minimum Gasteiger partial charge on any atom is -0.469 e. The number of carbonyl (C=O) groups excluding carboxylic acids is 2. The second kappa shape index (κ2) is 5.77. The molecule has 0 saturated carbocycles. The van der Waals surface area contributed by atoms with Crippen molar-refractivity contribution in [3.63, 3.8) is 0 Å². The molecule has 19 heavy (non-hydrogen) atoms. The molecule has 8 nitrogen and oxygen atoms in total. The van der Waals surface area contributed by atoms with Crippen LogP contribution in [-0.2, 0) is 27.8 Å². The van der Waals surface area contributed by atoms with Gasteiger partial charge in [0, 0.05) is 20.1 Å². The van der Waals surface area contributed by atoms with Crippen molar-refractivity contribution in [2.24, 2.45) is 13.0 Å². The molecule has 2 rings (SSSR count). The lowest BCUT2D eigenvalue weighted by molar-refractivity contribution is -0.148. The third-order valence-electron chi connectivity index (χ3n) is 3.40. The molecule has 0 unspecified atom stereocenters. The summed E-state index contributed by atoms with van der Waals surface area (Å²) in [6, 6.07) is 0. The fourth-order valence-electron chi connectivity index (χ4n) is 2.18. The summed E-state index contributed by atoms with van der Waals surface area (Å²) >= 11 is 0. The maximum Gasteiger partial charge on any atom is 0.308 e. The number of esters is 1. The van der Waals surface area contributed by atoms with Gasteiger partial charge in [-0.1, -0.05) is 0 Å². The van der Waals surface area contributed by atoms with Crippen molar-refractivity contribution in [3.8, 4) is 0 Å². The minimum absolute atomic E-state index is 0.0128. The zero-order chi connectivity index (χ0) is 13.8. The molecule has 0 N–H and O–H groups in total. The lowest BCUT2D eigenvalue weighted by Gasteiger charge is -2.30. The average molecular weight is 267 g/mol. The SMILES string of the molecule is COC(=O)C1CCN(C(=O)Cc2nnnn2C)CC1. The number of carbonyl (C=O) groups is 2. The van der Waals surface area contributed by atoms with Crippen LogP contribution in [0.1, 0.15) is 18.7 Å². The number of likely N-dealkylation sites (tertiary alicyclic amines) is 1. The van der Waals surface area contributed by atoms with Crippen LogP contribution in [0.15, 0.2) is 0 Å². The first-order chi connectivity index (χ1) is 9.11. The zero-order valence-electron chi connectivity index (χ0n) is 11.1. The van der Waals surface area contributed by atoms with E-state index in [0.29, 0.717) is 31.8 Å². The van der Waals surface area contributed by atoms with Gasteiger partial charge in [-0.25, -0.2) is 4.68 Å². The average Bonchev–Trinajstić information content (AvgIpc) is 2.83. The Morgan fingerprint density at radius 2 is 2.05 bits per heavy atom. The van der Waals surface area contributed by atoms with Gasteiger partial charge in [0.2, 0.25) is 5.91 Å². The number of methoxy groups -OCH3 is 1. The van der Waals surface area contributed by atoms with Gasteiger partial charge in [0.1, 0.15) is 0 Å². The number of amides is 1. The second-order valence-electron chi connectivity index (χ2n) is 4.57. The molecule has 104 valence electrons. The Bertz CT molecular complexity index is 465. The first-order valence-corrected chi connectivity index (χ1v) is 6.18. The molecule has 1 aliphatic heterocycles. The number of tetrazole rings is 1. The highest BCUT2D eigenvalue weighted by atomic mass is 16.5. The van der Waals surface area contributed by atoms with E-state index in [0.717, 1.165) is 0 Å². The Labute approximate surface area is 110 Å². The molecule has 1 aliphatic rings. The summed E-state index contributed by atoms with van der Waals surface area (Å²) < 4.78 is 6.20. The van der Waals surface area contributed by atoms with Gasteiger partial charge < -0.3 is 9.64 Å². The molecule has 1 saturated heterocycles. The fraction of sp³-hybridized carbons (Fsp3) is 0.727. The third kappa shape index (κ3) is 3.07. The van der Waals surface area contributed by atoms with E-state index in [1.54, 1.807) is 11.9 Å². The quantitative estimate of drug-likeness (QED) is 0.664. The van der Waals surface area contributed by atoms with E-state index in [9.17, 15) is 9.59 Å². The zero-order valence-corrected chi connectivity index (χ0v) is 11.1. The van der Waals surface area contributed by atoms with E-state index in [1.807, 2.05) is 0 Å². The van der Waals surface area contributed by atoms with Crippen LogP contribution in [0.2, 0.25) is 0 Å². The number of hydrogen-bond acceptors (Lipinski definition) is 6. The maximum atomic E-state index is 12.1. The molecule has 1 amide bonds. The van der Waals surface area contributed by atoms with Crippen molar-refractivity contribution < 1.29 is 14.3 Å². The number of aryl methyl sites for hydroxylation is 1. The van der Waals surface area contributed by atoms with E-state index >= 15 is 0 Å². The number of hydrogen-bond donors (Lipinski definition) is 0. The lowest BCUT2D eigenvalue weighted by atomic mass is 9.97. The van der Waals surface area contributed by atoms with Crippen LogP contribution in [-0.4, -0.2) is 57.2 Å². The number of aromatic nitrogens is 4. The van der Waals surface area contributed by atoms with E-state index in [1.165, 1.54) is 11.8 Å². The van der Waals surface area contributed by atoms with Crippen molar-refractivity contribution in [2.75, 3.05) is 20.2 Å². The number of ether oxygens (including phenoxy) is 1. The van der Waals surface area contributed by atoms with Gasteiger partial charge >= 0.3 is 5.97 Å². The molecular formula is C11H17N5O3. The Morgan fingerprint density at radius 3 is 2.58 bits per heavy atom. The first kappa shape index (κ1) is 13.4. The van der Waals surface area contributed by atoms with E-state index in [-0.39, 0.29) is 24.2 Å². The third-order valence-corrected chi connectivity index (χ3v) is 3.40. The van der Waals surface area contributed by atoms with E-state index in [4.69, 9.17) is 4.74 Å². The van der Waals surface area contributed by atoms with Crippen molar-refractivity contribution in [3.05, 3.63) is 5.82 Å². The van der Waals surface area contributed by atoms with Gasteiger partial charge in [0.05, 0.1) is 19.4 Å². The molecule has 0 bridgehead atoms. The van der Waals surface area contributed by atoms with Crippen molar-refractivity contribution >= 4 is 11.9 Å². The minimum atomic E-state index is -0.190. The monoisotopic (exact) mass is 267 g/mol. The molecule has 0 spiro atoms. The number of rotatable bonds is 3. The molecule has 8 heteroatoms. The van der Waals surface area contributed by atoms with Crippen LogP contribution in [0.5, 0.6) is 0 Å². The Morgan fingerprint density at radius 1 is 1.37 bits per heavy atom. The Balaban J connectivity index is 1.86. The molecular weight excluding hydrogens is 250 g/mol. The highest BCUT2D eigenvalue weighted by Crippen LogP contribution is 2.18. The van der Waals surface area contributed by atoms with Gasteiger partial charge in [-0.05, 0) is 23.3 Å². The Hall–Kier alpha value is -1.99. The summed E-state index contributed by atoms with van der Waals surface area (Å²) in [7, 11) is 3.09. The second-order valence-corrected chi connectivity index (χ2v) is 4.57. The largest absolute Gasteiger partial charge is 0.469 e. The molecule has 2 heterocycles. The highest BCUT2D eigenvalue weighted by molar-refractivity contribution is 5.78. The maximum absolute atomic E-state index is 12.1. The summed E-state index contributed by atoms with van der Waals surface area (Å²) in [6.07, 6.45) is 1.48. The normalized spacial score (nSPS) is 16.4. The van der Waals surface area contributed by atoms with Crippen molar-refractivity contribution in [1.29, 1.82) is 0 Å². The van der Waals surface area contributed by atoms with Crippen LogP contribution in [0.4, 0.5) is 0 Å². The van der Waals surface area contributed by atoms with Crippen molar-refractivity contribution in [2.45, 2.75) is 19.3 Å². The van der Waals surface area contributed by atoms with Crippen LogP contribution in [0.25, 0.3) is 0 Å². The molecule has 0 atom stereocenters. The standard InChI is InChI=1S/C11H17N5O3/c1-15-9(12-13-14-15)7-10(17)16-5-3-8(4-6-16)11(18)19-2/h8H,3-7H2,1-2H3. The van der Waals surface area contributed by atoms with Crippen LogP contribution < -0.4 is 0 Å². The number of piperidine rings is 1. The topological polar surface area (TPSA) is 90.2 Å². The van der Waals surface area contributed by atoms with Gasteiger partial charge in [-0.3, -0.25) is 9.59 Å². The van der Waals surface area contributed by atoms with Crippen LogP contribution in [0.3, 0.4) is 0 Å². The molecule has 0 aliphatic carbocycles. The lowest BCUT2D eigenvalue weighted by Crippen LogP contribution is -2.41. The van der Waals surface area contributed by atoms with Crippen LogP contribution >= 0.6 is 0 Å². The summed E-state index contributed by atoms with van der Waals surface area (Å²) in [5, 5.41) is 11.0. The Kier molecular flexibility index (Phi) is 4.08. The summed E-state index contributed by atoms with van der Waals surface area (Å²) in [4.78, 5) is 25.2. The fourth-order valence-corrected chi connectivity index (χ4v) is 2.18. The predicted octanol–water partition coefficient (Wildman–Crippen LogP) is -0.836. The van der Waals surface area contributed by atoms with Crippen LogP contribution in [0, 0.1) is 5.92 Å². The summed E-state index contributed by atoms with van der Waals surface area (Å²) in [6.45, 7) is 1.15. The van der Waals surface area contributed by atoms with Gasteiger partial charge in [0.25, 0.3) is 0 Å². The summed E-state index contributed by atoms with van der Waals surface area (Å²) in [5.74, 6) is 0.247. The molecule has 1 aromatic heterocycles. The number of nitrogens with zero attached hydrogens (tertiary/aromatic N) is 5. The van der Waals surface area contributed by atoms with Crippen molar-refractivity contribution in [1.82, 2.24) is 25.1 Å². The highest BCUT2D eigenvalue weighted by Gasteiger charge is 2.28. The van der Waals surface area contributed by atoms with Gasteiger partial charge in [-0.2, -0.15) is 0 Å².